The van der Waals surface area contributed by atoms with E-state index in [-0.39, 0.29) is 30.0 Å². The van der Waals surface area contributed by atoms with Crippen LogP contribution < -0.4 is 0 Å². The highest BCUT2D eigenvalue weighted by atomic mass is 32.2. The van der Waals surface area contributed by atoms with E-state index in [2.05, 4.69) is 0 Å². The zero-order valence-electron chi connectivity index (χ0n) is 13.7. The molecule has 0 saturated carbocycles. The summed E-state index contributed by atoms with van der Waals surface area (Å²) in [5, 5.41) is 8.78. The third-order valence-corrected chi connectivity index (χ3v) is 5.75. The van der Waals surface area contributed by atoms with Crippen LogP contribution in [-0.4, -0.2) is 42.5 Å². The number of hydrogen-bond acceptors (Lipinski definition) is 6. The third-order valence-electron chi connectivity index (χ3n) is 3.96. The van der Waals surface area contributed by atoms with Crippen molar-refractivity contribution in [3.63, 3.8) is 0 Å². The fraction of sp³-hybridized carbons (Fsp3) is 0.235. The number of benzene rings is 1. The van der Waals surface area contributed by atoms with Crippen LogP contribution in [0.1, 0.15) is 22.5 Å². The second-order valence-corrected chi connectivity index (χ2v) is 7.45. The Morgan fingerprint density at radius 2 is 2.00 bits per heavy atom. The summed E-state index contributed by atoms with van der Waals surface area (Å²) in [5.41, 5.74) is 0.0508. The van der Waals surface area contributed by atoms with Crippen LogP contribution >= 0.6 is 0 Å². The van der Waals surface area contributed by atoms with Gasteiger partial charge in [0.05, 0.1) is 30.9 Å². The second-order valence-electron chi connectivity index (χ2n) is 5.62. The molecule has 26 heavy (non-hydrogen) atoms. The van der Waals surface area contributed by atoms with Gasteiger partial charge in [-0.05, 0) is 24.3 Å². The Morgan fingerprint density at radius 1 is 1.23 bits per heavy atom. The van der Waals surface area contributed by atoms with E-state index in [1.54, 1.807) is 18.2 Å². The molecule has 0 bridgehead atoms. The standard InChI is InChI=1S/C17H15N3O5S/c18-8-4-9-19(11-13-5-3-10-25-13)16(21)12-20-17(22)14-6-1-2-7-15(14)26(20,23)24/h1-3,5-7,10H,4,9,11-12H2. The number of amides is 2. The molecule has 1 aromatic carbocycles. The molecule has 0 fully saturated rings. The highest BCUT2D eigenvalue weighted by Crippen LogP contribution is 2.29. The van der Waals surface area contributed by atoms with Crippen molar-refractivity contribution >= 4 is 21.8 Å². The number of furan rings is 1. The van der Waals surface area contributed by atoms with Crippen molar-refractivity contribution in [2.75, 3.05) is 13.1 Å². The number of sulfonamides is 1. The minimum Gasteiger partial charge on any atom is -0.467 e. The van der Waals surface area contributed by atoms with E-state index in [1.807, 2.05) is 6.07 Å². The van der Waals surface area contributed by atoms with Gasteiger partial charge in [-0.3, -0.25) is 9.59 Å². The number of hydrogen-bond donors (Lipinski definition) is 0. The minimum atomic E-state index is -4.06. The van der Waals surface area contributed by atoms with Crippen molar-refractivity contribution in [2.45, 2.75) is 17.9 Å². The molecule has 0 unspecified atom stereocenters. The lowest BCUT2D eigenvalue weighted by atomic mass is 10.2. The molecule has 1 aromatic heterocycles. The molecule has 9 heteroatoms. The van der Waals surface area contributed by atoms with Gasteiger partial charge in [0.1, 0.15) is 17.2 Å². The summed E-state index contributed by atoms with van der Waals surface area (Å²) in [6.07, 6.45) is 1.53. The lowest BCUT2D eigenvalue weighted by molar-refractivity contribution is -0.131. The number of carbonyl (C=O) groups excluding carboxylic acids is 2. The molecule has 0 N–H and O–H groups in total. The van der Waals surface area contributed by atoms with Crippen LogP contribution in [0.15, 0.2) is 52.0 Å². The fourth-order valence-electron chi connectivity index (χ4n) is 2.68. The molecule has 8 nitrogen and oxygen atoms in total. The van der Waals surface area contributed by atoms with Gasteiger partial charge in [-0.25, -0.2) is 12.7 Å². The van der Waals surface area contributed by atoms with Crippen molar-refractivity contribution in [3.8, 4) is 6.07 Å². The minimum absolute atomic E-state index is 0.0508. The predicted octanol–water partition coefficient (Wildman–Crippen LogP) is 1.37. The first kappa shape index (κ1) is 17.7. The lowest BCUT2D eigenvalue weighted by Gasteiger charge is -2.23. The summed E-state index contributed by atoms with van der Waals surface area (Å²) in [6.45, 7) is -0.435. The van der Waals surface area contributed by atoms with E-state index < -0.39 is 28.4 Å². The average molecular weight is 373 g/mol. The van der Waals surface area contributed by atoms with Gasteiger partial charge in [-0.15, -0.1) is 0 Å². The molecular formula is C17H15N3O5S. The Hall–Kier alpha value is -3.12. The van der Waals surface area contributed by atoms with Crippen LogP contribution in [-0.2, 0) is 21.4 Å². The summed E-state index contributed by atoms with van der Waals surface area (Å²) in [4.78, 5) is 26.2. The number of carbonyl (C=O) groups is 2. The molecule has 3 rings (SSSR count). The summed E-state index contributed by atoms with van der Waals surface area (Å²) >= 11 is 0. The number of nitriles is 1. The SMILES string of the molecule is N#CCCN(Cc1ccco1)C(=O)CN1C(=O)c2ccccc2S1(=O)=O. The lowest BCUT2D eigenvalue weighted by Crippen LogP contribution is -2.42. The maximum absolute atomic E-state index is 12.6. The summed E-state index contributed by atoms with van der Waals surface area (Å²) in [5.74, 6) is -0.816. The maximum Gasteiger partial charge on any atom is 0.269 e. The first-order valence-corrected chi connectivity index (χ1v) is 9.22. The van der Waals surface area contributed by atoms with Crippen molar-refractivity contribution in [1.29, 1.82) is 5.26 Å². The van der Waals surface area contributed by atoms with Crippen LogP contribution in [0.5, 0.6) is 0 Å². The molecule has 1 aliphatic rings. The fourth-order valence-corrected chi connectivity index (χ4v) is 4.20. The molecule has 2 heterocycles. The largest absolute Gasteiger partial charge is 0.467 e. The van der Waals surface area contributed by atoms with E-state index in [0.29, 0.717) is 10.1 Å². The van der Waals surface area contributed by atoms with Gasteiger partial charge in [0, 0.05) is 6.54 Å². The van der Waals surface area contributed by atoms with E-state index in [0.717, 1.165) is 0 Å². The van der Waals surface area contributed by atoms with E-state index in [9.17, 15) is 18.0 Å². The zero-order valence-corrected chi connectivity index (χ0v) is 14.5. The van der Waals surface area contributed by atoms with E-state index in [4.69, 9.17) is 9.68 Å². The van der Waals surface area contributed by atoms with Crippen LogP contribution in [0.2, 0.25) is 0 Å². The normalized spacial score (nSPS) is 14.7. The van der Waals surface area contributed by atoms with Crippen molar-refractivity contribution in [3.05, 3.63) is 54.0 Å². The first-order chi connectivity index (χ1) is 12.4. The number of rotatable bonds is 6. The highest BCUT2D eigenvalue weighted by Gasteiger charge is 2.42. The number of nitrogens with zero attached hydrogens (tertiary/aromatic N) is 3. The van der Waals surface area contributed by atoms with Gasteiger partial charge in [0.25, 0.3) is 15.9 Å². The topological polar surface area (TPSA) is 112 Å². The molecular weight excluding hydrogens is 358 g/mol. The Bertz CT molecular complexity index is 976. The van der Waals surface area contributed by atoms with Gasteiger partial charge >= 0.3 is 0 Å². The van der Waals surface area contributed by atoms with Gasteiger partial charge < -0.3 is 9.32 Å². The molecule has 0 radical (unpaired) electrons. The molecule has 0 atom stereocenters. The maximum atomic E-state index is 12.6. The van der Waals surface area contributed by atoms with Crippen LogP contribution in [0.3, 0.4) is 0 Å². The van der Waals surface area contributed by atoms with Crippen molar-refractivity contribution in [2.24, 2.45) is 0 Å². The smallest absolute Gasteiger partial charge is 0.269 e. The van der Waals surface area contributed by atoms with Gasteiger partial charge in [-0.2, -0.15) is 5.26 Å². The van der Waals surface area contributed by atoms with Gasteiger partial charge in [0.15, 0.2) is 0 Å². The van der Waals surface area contributed by atoms with Crippen LogP contribution in [0, 0.1) is 11.3 Å². The Balaban J connectivity index is 1.81. The first-order valence-electron chi connectivity index (χ1n) is 7.78. The molecule has 0 saturated heterocycles. The van der Waals surface area contributed by atoms with E-state index >= 15 is 0 Å². The average Bonchev–Trinajstić information content (AvgIpc) is 3.20. The predicted molar refractivity (Wildman–Crippen MR) is 89.0 cm³/mol. The Labute approximate surface area is 150 Å². The van der Waals surface area contributed by atoms with E-state index in [1.165, 1.54) is 29.4 Å². The zero-order chi connectivity index (χ0) is 18.7. The summed E-state index contributed by atoms with van der Waals surface area (Å²) < 4.78 is 30.9. The summed E-state index contributed by atoms with van der Waals surface area (Å²) in [7, 11) is -4.06. The number of fused-ring (bicyclic) bond motifs is 1. The third kappa shape index (κ3) is 3.19. The Kier molecular flexibility index (Phi) is 4.77. The molecule has 2 aromatic rings. The highest BCUT2D eigenvalue weighted by molar-refractivity contribution is 7.90. The molecule has 1 aliphatic heterocycles. The Morgan fingerprint density at radius 3 is 2.65 bits per heavy atom. The van der Waals surface area contributed by atoms with Gasteiger partial charge in [-0.1, -0.05) is 12.1 Å². The van der Waals surface area contributed by atoms with Gasteiger partial charge in [0.2, 0.25) is 5.91 Å². The molecule has 0 spiro atoms. The van der Waals surface area contributed by atoms with Crippen LogP contribution in [0.25, 0.3) is 0 Å². The quantitative estimate of drug-likeness (QED) is 0.756. The van der Waals surface area contributed by atoms with Crippen LogP contribution in [0.4, 0.5) is 0 Å². The second kappa shape index (κ2) is 7.01. The van der Waals surface area contributed by atoms with Crippen molar-refractivity contribution in [1.82, 2.24) is 9.21 Å². The molecule has 0 aliphatic carbocycles. The summed E-state index contributed by atoms with van der Waals surface area (Å²) in [6, 6.07) is 11.1. The molecule has 134 valence electrons. The molecule has 2 amide bonds. The monoisotopic (exact) mass is 373 g/mol. The van der Waals surface area contributed by atoms with Crippen molar-refractivity contribution < 1.29 is 22.4 Å².